The highest BCUT2D eigenvalue weighted by Gasteiger charge is 2.28. The number of thiophene rings is 1. The molecule has 26 heavy (non-hydrogen) atoms. The number of nitrogens with zero attached hydrogens (tertiary/aromatic N) is 3. The number of carbonyl (C=O) groups excluding carboxylic acids is 1. The first-order valence-corrected chi connectivity index (χ1v) is 9.84. The summed E-state index contributed by atoms with van der Waals surface area (Å²) in [6.45, 7) is 1.41. The zero-order valence-corrected chi connectivity index (χ0v) is 15.7. The van der Waals surface area contributed by atoms with E-state index in [0.29, 0.717) is 29.7 Å². The molecule has 0 saturated carbocycles. The van der Waals surface area contributed by atoms with Crippen molar-refractivity contribution in [3.8, 4) is 11.4 Å². The predicted octanol–water partition coefficient (Wildman–Crippen LogP) is 4.40. The molecule has 5 nitrogen and oxygen atoms in total. The van der Waals surface area contributed by atoms with Crippen molar-refractivity contribution in [1.82, 2.24) is 15.0 Å². The third-order valence-electron chi connectivity index (χ3n) is 4.55. The van der Waals surface area contributed by atoms with Crippen LogP contribution in [-0.2, 0) is 11.2 Å². The Labute approximate surface area is 160 Å². The van der Waals surface area contributed by atoms with Crippen molar-refractivity contribution in [3.05, 3.63) is 57.6 Å². The van der Waals surface area contributed by atoms with Crippen LogP contribution in [0.4, 0.5) is 0 Å². The molecule has 0 N–H and O–H groups in total. The van der Waals surface area contributed by atoms with Gasteiger partial charge in [-0.15, -0.1) is 11.3 Å². The smallest absolute Gasteiger partial charge is 0.231 e. The van der Waals surface area contributed by atoms with Crippen LogP contribution in [0.3, 0.4) is 0 Å². The lowest BCUT2D eigenvalue weighted by atomic mass is 9.97. The summed E-state index contributed by atoms with van der Waals surface area (Å²) in [6.07, 6.45) is 2.34. The number of piperidine rings is 1. The molecule has 7 heteroatoms. The third-order valence-corrected chi connectivity index (χ3v) is 5.66. The van der Waals surface area contributed by atoms with Crippen LogP contribution in [0.5, 0.6) is 0 Å². The highest BCUT2D eigenvalue weighted by Crippen LogP contribution is 2.28. The van der Waals surface area contributed by atoms with Crippen LogP contribution in [0.2, 0.25) is 5.02 Å². The molecule has 1 aliphatic rings. The Morgan fingerprint density at radius 1 is 1.35 bits per heavy atom. The van der Waals surface area contributed by atoms with E-state index in [1.54, 1.807) is 11.3 Å². The van der Waals surface area contributed by atoms with E-state index in [2.05, 4.69) is 10.1 Å². The maximum absolute atomic E-state index is 12.6. The summed E-state index contributed by atoms with van der Waals surface area (Å²) in [5, 5.41) is 6.72. The van der Waals surface area contributed by atoms with E-state index in [1.807, 2.05) is 46.7 Å². The van der Waals surface area contributed by atoms with Gasteiger partial charge in [-0.05, 0) is 36.4 Å². The van der Waals surface area contributed by atoms with Crippen molar-refractivity contribution in [2.24, 2.45) is 0 Å². The van der Waals surface area contributed by atoms with E-state index < -0.39 is 0 Å². The third kappa shape index (κ3) is 3.81. The SMILES string of the molecule is O=C(Cc1cccs1)N1CCCC(c2nc(-c3cccc(Cl)c3)no2)C1. The maximum atomic E-state index is 12.6. The molecular weight excluding hydrogens is 370 g/mol. The molecule has 3 heterocycles. The van der Waals surface area contributed by atoms with Gasteiger partial charge < -0.3 is 9.42 Å². The van der Waals surface area contributed by atoms with E-state index in [1.165, 1.54) is 0 Å². The molecular formula is C19H18ClN3O2S. The second kappa shape index (κ2) is 7.60. The highest BCUT2D eigenvalue weighted by molar-refractivity contribution is 7.10. The van der Waals surface area contributed by atoms with Crippen LogP contribution in [0.15, 0.2) is 46.3 Å². The highest BCUT2D eigenvalue weighted by atomic mass is 35.5. The normalized spacial score (nSPS) is 17.4. The van der Waals surface area contributed by atoms with Gasteiger partial charge >= 0.3 is 0 Å². The van der Waals surface area contributed by atoms with E-state index in [-0.39, 0.29) is 11.8 Å². The number of amides is 1. The summed E-state index contributed by atoms with van der Waals surface area (Å²) in [4.78, 5) is 20.1. The van der Waals surface area contributed by atoms with Crippen molar-refractivity contribution < 1.29 is 9.32 Å². The largest absolute Gasteiger partial charge is 0.342 e. The zero-order chi connectivity index (χ0) is 17.9. The predicted molar refractivity (Wildman–Crippen MR) is 101 cm³/mol. The molecule has 1 amide bonds. The van der Waals surface area contributed by atoms with Crippen molar-refractivity contribution in [2.45, 2.75) is 25.2 Å². The number of likely N-dealkylation sites (tertiary alicyclic amines) is 1. The number of rotatable bonds is 4. The molecule has 0 aliphatic carbocycles. The number of aromatic nitrogens is 2. The lowest BCUT2D eigenvalue weighted by molar-refractivity contribution is -0.131. The standard InChI is InChI=1S/C19H18ClN3O2S/c20-15-6-1-4-13(10-15)18-21-19(25-22-18)14-5-2-8-23(12-14)17(24)11-16-7-3-9-26-16/h1,3-4,6-7,9-10,14H,2,5,8,11-12H2. The van der Waals surface area contributed by atoms with Gasteiger partial charge in [0.15, 0.2) is 0 Å². The first-order chi connectivity index (χ1) is 12.7. The first kappa shape index (κ1) is 17.2. The van der Waals surface area contributed by atoms with Crippen molar-refractivity contribution in [1.29, 1.82) is 0 Å². The number of halogens is 1. The average molecular weight is 388 g/mol. The first-order valence-electron chi connectivity index (χ1n) is 8.59. The molecule has 4 rings (SSSR count). The van der Waals surface area contributed by atoms with E-state index in [0.717, 1.165) is 29.8 Å². The molecule has 134 valence electrons. The molecule has 1 atom stereocenters. The molecule has 1 unspecified atom stereocenters. The van der Waals surface area contributed by atoms with Crippen LogP contribution in [0.1, 0.15) is 29.5 Å². The van der Waals surface area contributed by atoms with Gasteiger partial charge in [-0.1, -0.05) is 35.0 Å². The minimum atomic E-state index is 0.0801. The Kier molecular flexibility index (Phi) is 5.04. The number of carbonyl (C=O) groups is 1. The summed E-state index contributed by atoms with van der Waals surface area (Å²) in [7, 11) is 0. The topological polar surface area (TPSA) is 59.2 Å². The summed E-state index contributed by atoms with van der Waals surface area (Å²) in [5.41, 5.74) is 0.828. The molecule has 2 aromatic heterocycles. The van der Waals surface area contributed by atoms with Crippen LogP contribution >= 0.6 is 22.9 Å². The second-order valence-corrected chi connectivity index (χ2v) is 7.87. The monoisotopic (exact) mass is 387 g/mol. The fourth-order valence-electron chi connectivity index (χ4n) is 3.23. The van der Waals surface area contributed by atoms with Gasteiger partial charge in [0.1, 0.15) is 0 Å². The van der Waals surface area contributed by atoms with E-state index in [9.17, 15) is 4.79 Å². The summed E-state index contributed by atoms with van der Waals surface area (Å²) in [5.74, 6) is 1.36. The molecule has 1 fully saturated rings. The summed E-state index contributed by atoms with van der Waals surface area (Å²) >= 11 is 7.65. The van der Waals surface area contributed by atoms with Gasteiger partial charge in [-0.25, -0.2) is 0 Å². The minimum absolute atomic E-state index is 0.0801. The fraction of sp³-hybridized carbons (Fsp3) is 0.316. The van der Waals surface area contributed by atoms with Gasteiger partial charge in [-0.2, -0.15) is 4.98 Å². The van der Waals surface area contributed by atoms with Crippen LogP contribution in [0.25, 0.3) is 11.4 Å². The fourth-order valence-corrected chi connectivity index (χ4v) is 4.11. The van der Waals surface area contributed by atoms with E-state index >= 15 is 0 Å². The lowest BCUT2D eigenvalue weighted by Crippen LogP contribution is -2.39. The van der Waals surface area contributed by atoms with Gasteiger partial charge in [0.25, 0.3) is 0 Å². The minimum Gasteiger partial charge on any atom is -0.342 e. The molecule has 1 saturated heterocycles. The quantitative estimate of drug-likeness (QED) is 0.665. The molecule has 1 aromatic carbocycles. The Morgan fingerprint density at radius 2 is 2.27 bits per heavy atom. The van der Waals surface area contributed by atoms with E-state index in [4.69, 9.17) is 16.1 Å². The van der Waals surface area contributed by atoms with Crippen LogP contribution < -0.4 is 0 Å². The lowest BCUT2D eigenvalue weighted by Gasteiger charge is -2.31. The van der Waals surface area contributed by atoms with Gasteiger partial charge in [0.2, 0.25) is 17.6 Å². The zero-order valence-electron chi connectivity index (χ0n) is 14.1. The maximum Gasteiger partial charge on any atom is 0.231 e. The van der Waals surface area contributed by atoms with Gasteiger partial charge in [0, 0.05) is 28.6 Å². The van der Waals surface area contributed by atoms with Crippen LogP contribution in [0, 0.1) is 0 Å². The average Bonchev–Trinajstić information content (AvgIpc) is 3.34. The Balaban J connectivity index is 1.45. The molecule has 0 bridgehead atoms. The number of hydrogen-bond donors (Lipinski definition) is 0. The number of benzene rings is 1. The summed E-state index contributed by atoms with van der Waals surface area (Å²) < 4.78 is 5.49. The Bertz CT molecular complexity index is 894. The molecule has 0 spiro atoms. The van der Waals surface area contributed by atoms with Crippen molar-refractivity contribution in [2.75, 3.05) is 13.1 Å². The second-order valence-electron chi connectivity index (χ2n) is 6.40. The van der Waals surface area contributed by atoms with Crippen LogP contribution in [-0.4, -0.2) is 34.0 Å². The van der Waals surface area contributed by atoms with Gasteiger partial charge in [0.05, 0.1) is 12.3 Å². The van der Waals surface area contributed by atoms with Gasteiger partial charge in [-0.3, -0.25) is 4.79 Å². The molecule has 1 aliphatic heterocycles. The number of hydrogen-bond acceptors (Lipinski definition) is 5. The Hall–Kier alpha value is -2.18. The molecule has 3 aromatic rings. The van der Waals surface area contributed by atoms with Crippen molar-refractivity contribution >= 4 is 28.8 Å². The summed E-state index contributed by atoms with van der Waals surface area (Å²) in [6, 6.07) is 11.4. The molecule has 0 radical (unpaired) electrons. The van der Waals surface area contributed by atoms with Crippen molar-refractivity contribution in [3.63, 3.8) is 0 Å². The Morgan fingerprint density at radius 3 is 3.08 bits per heavy atom.